The number of aromatic amines is 1. The van der Waals surface area contributed by atoms with Crippen molar-refractivity contribution in [3.63, 3.8) is 0 Å². The van der Waals surface area contributed by atoms with Crippen LogP contribution in [0.3, 0.4) is 0 Å². The number of nitrogens with one attached hydrogen (secondary N) is 1. The summed E-state index contributed by atoms with van der Waals surface area (Å²) in [5.74, 6) is 0.283. The molecule has 2 fully saturated rings. The van der Waals surface area contributed by atoms with Crippen LogP contribution in [0.5, 0.6) is 0 Å². The summed E-state index contributed by atoms with van der Waals surface area (Å²) in [5.41, 5.74) is 0.396. The minimum Gasteiger partial charge on any atom is -0.276 e. The van der Waals surface area contributed by atoms with Crippen molar-refractivity contribution in [3.05, 3.63) is 24.3 Å². The van der Waals surface area contributed by atoms with Gasteiger partial charge in [-0.25, -0.2) is 4.90 Å². The molecular weight excluding hydrogens is 254 g/mol. The molecule has 2 aromatic rings. The summed E-state index contributed by atoms with van der Waals surface area (Å²) < 4.78 is 0. The lowest BCUT2D eigenvalue weighted by Crippen LogP contribution is -2.34. The molecule has 0 atom stereocenters. The molecule has 1 saturated carbocycles. The topological polar surface area (TPSA) is 66.1 Å². The Hall–Kier alpha value is -2.17. The molecular formula is C15H15N3O2. The Morgan fingerprint density at radius 2 is 1.90 bits per heavy atom. The number of hydrogen-bond acceptors (Lipinski definition) is 3. The highest BCUT2D eigenvalue weighted by Crippen LogP contribution is 2.48. The van der Waals surface area contributed by atoms with E-state index < -0.39 is 5.41 Å². The van der Waals surface area contributed by atoms with E-state index in [1.165, 1.54) is 4.90 Å². The maximum atomic E-state index is 12.7. The van der Waals surface area contributed by atoms with Crippen molar-refractivity contribution in [3.8, 4) is 0 Å². The van der Waals surface area contributed by atoms with E-state index in [2.05, 4.69) is 10.2 Å². The lowest BCUT2D eigenvalue weighted by Gasteiger charge is -2.19. The molecule has 1 spiro atoms. The van der Waals surface area contributed by atoms with E-state index in [0.717, 1.165) is 36.6 Å². The number of H-pyrrole nitrogens is 1. The van der Waals surface area contributed by atoms with Gasteiger partial charge in [0.15, 0.2) is 5.82 Å². The van der Waals surface area contributed by atoms with Gasteiger partial charge in [0.1, 0.15) is 0 Å². The summed E-state index contributed by atoms with van der Waals surface area (Å²) in [6, 6.07) is 7.56. The Morgan fingerprint density at radius 1 is 1.15 bits per heavy atom. The molecule has 0 bridgehead atoms. The molecule has 1 aliphatic carbocycles. The Labute approximate surface area is 116 Å². The van der Waals surface area contributed by atoms with E-state index in [-0.39, 0.29) is 11.8 Å². The first-order valence-electron chi connectivity index (χ1n) is 7.02. The van der Waals surface area contributed by atoms with Crippen molar-refractivity contribution < 1.29 is 9.59 Å². The second-order valence-corrected chi connectivity index (χ2v) is 5.79. The molecule has 0 unspecified atom stereocenters. The average Bonchev–Trinajstić information content (AvgIpc) is 3.12. The zero-order chi connectivity index (χ0) is 13.7. The first-order chi connectivity index (χ1) is 9.71. The number of fused-ring (bicyclic) bond motifs is 1. The molecule has 102 valence electrons. The van der Waals surface area contributed by atoms with Crippen LogP contribution in [0.1, 0.15) is 32.1 Å². The van der Waals surface area contributed by atoms with Crippen LogP contribution in [0.4, 0.5) is 5.82 Å². The van der Waals surface area contributed by atoms with E-state index in [0.29, 0.717) is 12.2 Å². The quantitative estimate of drug-likeness (QED) is 0.808. The molecule has 5 nitrogen and oxygen atoms in total. The molecule has 1 aromatic carbocycles. The third-order valence-corrected chi connectivity index (χ3v) is 4.62. The highest BCUT2D eigenvalue weighted by Gasteiger charge is 2.53. The van der Waals surface area contributed by atoms with Gasteiger partial charge < -0.3 is 0 Å². The van der Waals surface area contributed by atoms with Crippen LogP contribution in [-0.2, 0) is 9.59 Å². The van der Waals surface area contributed by atoms with Crippen molar-refractivity contribution in [2.45, 2.75) is 32.1 Å². The predicted octanol–water partition coefficient (Wildman–Crippen LogP) is 2.39. The molecule has 0 radical (unpaired) electrons. The number of imide groups is 1. The molecule has 1 aromatic heterocycles. The first kappa shape index (κ1) is 11.6. The van der Waals surface area contributed by atoms with Crippen LogP contribution < -0.4 is 4.90 Å². The monoisotopic (exact) mass is 269 g/mol. The predicted molar refractivity (Wildman–Crippen MR) is 74.1 cm³/mol. The molecule has 2 heterocycles. The van der Waals surface area contributed by atoms with Crippen LogP contribution in [0.2, 0.25) is 0 Å². The Kier molecular flexibility index (Phi) is 2.28. The zero-order valence-corrected chi connectivity index (χ0v) is 11.1. The summed E-state index contributed by atoms with van der Waals surface area (Å²) in [6.45, 7) is 0. The fourth-order valence-corrected chi connectivity index (χ4v) is 3.57. The Balaban J connectivity index is 1.82. The highest BCUT2D eigenvalue weighted by atomic mass is 16.2. The lowest BCUT2D eigenvalue weighted by molar-refractivity contribution is -0.125. The number of hydrogen-bond donors (Lipinski definition) is 1. The van der Waals surface area contributed by atoms with Gasteiger partial charge in [0.25, 0.3) is 0 Å². The normalized spacial score (nSPS) is 21.5. The van der Waals surface area contributed by atoms with E-state index in [4.69, 9.17) is 0 Å². The number of anilines is 1. The van der Waals surface area contributed by atoms with E-state index >= 15 is 0 Å². The van der Waals surface area contributed by atoms with E-state index in [9.17, 15) is 9.59 Å². The maximum absolute atomic E-state index is 12.7. The van der Waals surface area contributed by atoms with Crippen LogP contribution in [0.25, 0.3) is 10.9 Å². The summed E-state index contributed by atoms with van der Waals surface area (Å²) >= 11 is 0. The average molecular weight is 269 g/mol. The van der Waals surface area contributed by atoms with Crippen LogP contribution in [0, 0.1) is 5.41 Å². The largest absolute Gasteiger partial charge is 0.276 e. The standard InChI is InChI=1S/C15H15N3O2/c19-12-9-15(7-3-4-8-15)14(20)18(12)13-10-5-1-2-6-11(10)16-17-13/h1-2,5-6H,3-4,7-9H2,(H,16,17). The smallest absolute Gasteiger partial charge is 0.241 e. The summed E-state index contributed by atoms with van der Waals surface area (Å²) in [6.07, 6.45) is 4.07. The van der Waals surface area contributed by atoms with Gasteiger partial charge in [0.2, 0.25) is 11.8 Å². The van der Waals surface area contributed by atoms with Gasteiger partial charge in [-0.2, -0.15) is 5.10 Å². The molecule has 1 saturated heterocycles. The summed E-state index contributed by atoms with van der Waals surface area (Å²) in [7, 11) is 0. The van der Waals surface area contributed by atoms with Gasteiger partial charge in [-0.15, -0.1) is 0 Å². The number of para-hydroxylation sites is 1. The van der Waals surface area contributed by atoms with Gasteiger partial charge in [-0.05, 0) is 25.0 Å². The fraction of sp³-hybridized carbons (Fsp3) is 0.400. The van der Waals surface area contributed by atoms with Crippen LogP contribution in [-0.4, -0.2) is 22.0 Å². The molecule has 1 aliphatic heterocycles. The van der Waals surface area contributed by atoms with Gasteiger partial charge in [0, 0.05) is 11.8 Å². The second-order valence-electron chi connectivity index (χ2n) is 5.79. The summed E-state index contributed by atoms with van der Waals surface area (Å²) in [5, 5.41) is 7.90. The van der Waals surface area contributed by atoms with Gasteiger partial charge in [0.05, 0.1) is 10.9 Å². The molecule has 1 N–H and O–H groups in total. The summed E-state index contributed by atoms with van der Waals surface area (Å²) in [4.78, 5) is 26.4. The number of carbonyl (C=O) groups is 2. The SMILES string of the molecule is O=C1CC2(CCCC2)C(=O)N1c1n[nH]c2ccccc12. The number of benzene rings is 1. The van der Waals surface area contributed by atoms with E-state index in [1.807, 2.05) is 24.3 Å². The molecule has 4 rings (SSSR count). The Bertz CT molecular complexity index is 713. The van der Waals surface area contributed by atoms with Gasteiger partial charge >= 0.3 is 0 Å². The van der Waals surface area contributed by atoms with Crippen molar-refractivity contribution in [2.24, 2.45) is 5.41 Å². The number of amides is 2. The first-order valence-corrected chi connectivity index (χ1v) is 7.02. The zero-order valence-electron chi connectivity index (χ0n) is 11.1. The maximum Gasteiger partial charge on any atom is 0.241 e. The van der Waals surface area contributed by atoms with Crippen LogP contribution >= 0.6 is 0 Å². The number of nitrogens with zero attached hydrogens (tertiary/aromatic N) is 2. The number of aromatic nitrogens is 2. The fourth-order valence-electron chi connectivity index (χ4n) is 3.57. The van der Waals surface area contributed by atoms with Crippen molar-refractivity contribution in [2.75, 3.05) is 4.90 Å². The number of rotatable bonds is 1. The highest BCUT2D eigenvalue weighted by molar-refractivity contribution is 6.24. The minimum absolute atomic E-state index is 0.0581. The molecule has 2 amide bonds. The molecule has 2 aliphatic rings. The third-order valence-electron chi connectivity index (χ3n) is 4.62. The van der Waals surface area contributed by atoms with E-state index in [1.54, 1.807) is 0 Å². The molecule has 5 heteroatoms. The van der Waals surface area contributed by atoms with Crippen LogP contribution in [0.15, 0.2) is 24.3 Å². The Morgan fingerprint density at radius 3 is 2.70 bits per heavy atom. The molecule has 20 heavy (non-hydrogen) atoms. The second kappa shape index (κ2) is 3.91. The van der Waals surface area contributed by atoms with Crippen molar-refractivity contribution in [1.82, 2.24) is 10.2 Å². The third kappa shape index (κ3) is 1.40. The lowest BCUT2D eigenvalue weighted by atomic mass is 9.84. The number of carbonyl (C=O) groups excluding carboxylic acids is 2. The van der Waals surface area contributed by atoms with Gasteiger partial charge in [-0.1, -0.05) is 25.0 Å². The minimum atomic E-state index is -0.447. The van der Waals surface area contributed by atoms with Crippen molar-refractivity contribution >= 4 is 28.5 Å². The van der Waals surface area contributed by atoms with Crippen molar-refractivity contribution in [1.29, 1.82) is 0 Å². The van der Waals surface area contributed by atoms with Gasteiger partial charge in [-0.3, -0.25) is 14.7 Å².